The molecular weight excluding hydrogens is 220 g/mol. The molecule has 0 saturated heterocycles. The van der Waals surface area contributed by atoms with E-state index in [9.17, 15) is 0 Å². The fourth-order valence-electron chi connectivity index (χ4n) is 2.87. The zero-order valence-electron chi connectivity index (χ0n) is 11.7. The van der Waals surface area contributed by atoms with Crippen molar-refractivity contribution in [2.24, 2.45) is 5.73 Å². The molecule has 2 nitrogen and oxygen atoms in total. The molecule has 100 valence electrons. The van der Waals surface area contributed by atoms with E-state index in [1.54, 1.807) is 5.56 Å². The van der Waals surface area contributed by atoms with Crippen LogP contribution in [0.1, 0.15) is 56.2 Å². The number of benzene rings is 1. The second-order valence-electron chi connectivity index (χ2n) is 5.28. The molecule has 1 atom stereocenters. The van der Waals surface area contributed by atoms with Crippen LogP contribution >= 0.6 is 0 Å². The van der Waals surface area contributed by atoms with Crippen molar-refractivity contribution in [2.45, 2.75) is 45.1 Å². The second kappa shape index (κ2) is 6.35. The van der Waals surface area contributed by atoms with Crippen LogP contribution in [0.4, 0.5) is 0 Å². The molecule has 2 heteroatoms. The van der Waals surface area contributed by atoms with E-state index < -0.39 is 0 Å². The standard InChI is InChI=1S/C16H26N2/c1-3-11-18(4-2)16(12-17)15-8-6-5-7-14(15)13-9-10-13/h5-8,13,16H,3-4,9-12,17H2,1-2H3. The lowest BCUT2D eigenvalue weighted by atomic mass is 9.96. The fourth-order valence-corrected chi connectivity index (χ4v) is 2.87. The van der Waals surface area contributed by atoms with E-state index in [1.165, 1.54) is 24.8 Å². The minimum atomic E-state index is 0.395. The van der Waals surface area contributed by atoms with E-state index in [1.807, 2.05) is 0 Å². The highest BCUT2D eigenvalue weighted by Crippen LogP contribution is 2.43. The first-order valence-electron chi connectivity index (χ1n) is 7.34. The van der Waals surface area contributed by atoms with Crippen molar-refractivity contribution < 1.29 is 0 Å². The molecule has 1 unspecified atom stereocenters. The van der Waals surface area contributed by atoms with E-state index in [2.05, 4.69) is 43.0 Å². The molecule has 0 aliphatic heterocycles. The maximum Gasteiger partial charge on any atom is 0.0473 e. The molecular formula is C16H26N2. The molecule has 0 radical (unpaired) electrons. The summed E-state index contributed by atoms with van der Waals surface area (Å²) in [6.07, 6.45) is 3.90. The summed E-state index contributed by atoms with van der Waals surface area (Å²) in [6.45, 7) is 7.41. The summed E-state index contributed by atoms with van der Waals surface area (Å²) in [5.41, 5.74) is 9.07. The Bertz CT molecular complexity index is 371. The van der Waals surface area contributed by atoms with Gasteiger partial charge >= 0.3 is 0 Å². The van der Waals surface area contributed by atoms with Gasteiger partial charge in [-0.2, -0.15) is 0 Å². The molecule has 0 bridgehead atoms. The van der Waals surface area contributed by atoms with Crippen LogP contribution in [0.3, 0.4) is 0 Å². The minimum Gasteiger partial charge on any atom is -0.329 e. The van der Waals surface area contributed by atoms with Gasteiger partial charge in [0.1, 0.15) is 0 Å². The number of likely N-dealkylation sites (N-methyl/N-ethyl adjacent to an activating group) is 1. The molecule has 1 fully saturated rings. The Morgan fingerprint density at radius 2 is 2.00 bits per heavy atom. The van der Waals surface area contributed by atoms with Crippen molar-refractivity contribution in [3.05, 3.63) is 35.4 Å². The number of hydrogen-bond acceptors (Lipinski definition) is 2. The summed E-state index contributed by atoms with van der Waals surface area (Å²) in [5, 5.41) is 0. The first-order valence-corrected chi connectivity index (χ1v) is 7.34. The highest BCUT2D eigenvalue weighted by atomic mass is 15.2. The van der Waals surface area contributed by atoms with E-state index in [-0.39, 0.29) is 0 Å². The highest BCUT2D eigenvalue weighted by molar-refractivity contribution is 5.35. The number of nitrogens with zero attached hydrogens (tertiary/aromatic N) is 1. The van der Waals surface area contributed by atoms with Gasteiger partial charge < -0.3 is 5.73 Å². The largest absolute Gasteiger partial charge is 0.329 e. The smallest absolute Gasteiger partial charge is 0.0473 e. The molecule has 2 N–H and O–H groups in total. The van der Waals surface area contributed by atoms with Crippen LogP contribution in [0.15, 0.2) is 24.3 Å². The molecule has 1 saturated carbocycles. The number of nitrogens with two attached hydrogens (primary N) is 1. The summed E-state index contributed by atoms with van der Waals surface area (Å²) in [7, 11) is 0. The van der Waals surface area contributed by atoms with Gasteiger partial charge in [-0.25, -0.2) is 0 Å². The Kier molecular flexibility index (Phi) is 4.79. The van der Waals surface area contributed by atoms with Crippen LogP contribution in [0, 0.1) is 0 Å². The molecule has 0 amide bonds. The van der Waals surface area contributed by atoms with Gasteiger partial charge in [0.15, 0.2) is 0 Å². The Hall–Kier alpha value is -0.860. The number of rotatable bonds is 7. The monoisotopic (exact) mass is 246 g/mol. The second-order valence-corrected chi connectivity index (χ2v) is 5.28. The third-order valence-electron chi connectivity index (χ3n) is 3.95. The lowest BCUT2D eigenvalue weighted by Gasteiger charge is -2.31. The van der Waals surface area contributed by atoms with Gasteiger partial charge in [0.05, 0.1) is 0 Å². The third-order valence-corrected chi connectivity index (χ3v) is 3.95. The molecule has 2 rings (SSSR count). The molecule has 0 heterocycles. The normalized spacial score (nSPS) is 17.1. The number of hydrogen-bond donors (Lipinski definition) is 1. The fraction of sp³-hybridized carbons (Fsp3) is 0.625. The Morgan fingerprint density at radius 3 is 2.56 bits per heavy atom. The third kappa shape index (κ3) is 2.93. The summed E-state index contributed by atoms with van der Waals surface area (Å²) in [4.78, 5) is 2.52. The molecule has 18 heavy (non-hydrogen) atoms. The molecule has 1 aliphatic carbocycles. The highest BCUT2D eigenvalue weighted by Gasteiger charge is 2.29. The molecule has 1 aromatic carbocycles. The van der Waals surface area contributed by atoms with Gasteiger partial charge in [-0.15, -0.1) is 0 Å². The maximum atomic E-state index is 6.06. The van der Waals surface area contributed by atoms with Crippen molar-refractivity contribution in [2.75, 3.05) is 19.6 Å². The molecule has 0 spiro atoms. The lowest BCUT2D eigenvalue weighted by Crippen LogP contribution is -2.34. The van der Waals surface area contributed by atoms with E-state index in [4.69, 9.17) is 5.73 Å². The zero-order chi connectivity index (χ0) is 13.0. The minimum absolute atomic E-state index is 0.395. The van der Waals surface area contributed by atoms with E-state index >= 15 is 0 Å². The quantitative estimate of drug-likeness (QED) is 0.800. The first-order chi connectivity index (χ1) is 8.81. The van der Waals surface area contributed by atoms with Crippen LogP contribution < -0.4 is 5.73 Å². The molecule has 1 aliphatic rings. The first kappa shape index (κ1) is 13.6. The van der Waals surface area contributed by atoms with Gasteiger partial charge in [-0.1, -0.05) is 38.1 Å². The predicted molar refractivity (Wildman–Crippen MR) is 77.8 cm³/mol. The lowest BCUT2D eigenvalue weighted by molar-refractivity contribution is 0.212. The van der Waals surface area contributed by atoms with Crippen LogP contribution in [0.25, 0.3) is 0 Å². The van der Waals surface area contributed by atoms with Crippen molar-refractivity contribution in [1.82, 2.24) is 4.90 Å². The Balaban J connectivity index is 2.25. The predicted octanol–water partition coefficient (Wildman–Crippen LogP) is 3.30. The van der Waals surface area contributed by atoms with Crippen LogP contribution in [0.5, 0.6) is 0 Å². The van der Waals surface area contributed by atoms with Gasteiger partial charge in [0, 0.05) is 12.6 Å². The zero-order valence-corrected chi connectivity index (χ0v) is 11.7. The summed E-state index contributed by atoms with van der Waals surface area (Å²) >= 11 is 0. The van der Waals surface area contributed by atoms with Gasteiger partial charge in [0.2, 0.25) is 0 Å². The van der Waals surface area contributed by atoms with Crippen molar-refractivity contribution in [3.8, 4) is 0 Å². The SMILES string of the molecule is CCCN(CC)C(CN)c1ccccc1C1CC1. The Morgan fingerprint density at radius 1 is 1.28 bits per heavy atom. The van der Waals surface area contributed by atoms with Crippen LogP contribution in [-0.4, -0.2) is 24.5 Å². The van der Waals surface area contributed by atoms with Gasteiger partial charge in [0.25, 0.3) is 0 Å². The molecule has 1 aromatic rings. The average molecular weight is 246 g/mol. The van der Waals surface area contributed by atoms with E-state index in [0.29, 0.717) is 6.04 Å². The average Bonchev–Trinajstić information content (AvgIpc) is 3.23. The van der Waals surface area contributed by atoms with Crippen molar-refractivity contribution >= 4 is 0 Å². The Labute approximate surface area is 111 Å². The van der Waals surface area contributed by atoms with Crippen LogP contribution in [-0.2, 0) is 0 Å². The topological polar surface area (TPSA) is 29.3 Å². The summed E-state index contributed by atoms with van der Waals surface area (Å²) < 4.78 is 0. The molecule has 0 aromatic heterocycles. The summed E-state index contributed by atoms with van der Waals surface area (Å²) in [6, 6.07) is 9.30. The van der Waals surface area contributed by atoms with Gasteiger partial charge in [-0.05, 0) is 49.4 Å². The maximum absolute atomic E-state index is 6.06. The van der Waals surface area contributed by atoms with Crippen LogP contribution in [0.2, 0.25) is 0 Å². The summed E-state index contributed by atoms with van der Waals surface area (Å²) in [5.74, 6) is 0.801. The van der Waals surface area contributed by atoms with Gasteiger partial charge in [-0.3, -0.25) is 4.90 Å². The van der Waals surface area contributed by atoms with Crippen molar-refractivity contribution in [3.63, 3.8) is 0 Å². The van der Waals surface area contributed by atoms with Crippen molar-refractivity contribution in [1.29, 1.82) is 0 Å². The van der Waals surface area contributed by atoms with E-state index in [0.717, 1.165) is 25.6 Å².